The minimum absolute atomic E-state index is 0.136. The van der Waals surface area contributed by atoms with Crippen molar-refractivity contribution < 1.29 is 0 Å². The van der Waals surface area contributed by atoms with Crippen LogP contribution in [-0.2, 0) is 0 Å². The van der Waals surface area contributed by atoms with E-state index in [4.69, 9.17) is 5.73 Å². The average molecular weight is 248 g/mol. The van der Waals surface area contributed by atoms with Gasteiger partial charge < -0.3 is 10.6 Å². The Morgan fingerprint density at radius 2 is 1.89 bits per heavy atom. The third-order valence-electron chi connectivity index (χ3n) is 3.64. The van der Waals surface area contributed by atoms with Crippen LogP contribution in [0.15, 0.2) is 12.4 Å². The van der Waals surface area contributed by atoms with Crippen molar-refractivity contribution in [3.63, 3.8) is 0 Å². The van der Waals surface area contributed by atoms with Gasteiger partial charge >= 0.3 is 0 Å². The predicted molar refractivity (Wildman–Crippen MR) is 74.8 cm³/mol. The fourth-order valence-electron chi connectivity index (χ4n) is 2.69. The minimum Gasteiger partial charge on any atom is -0.342 e. The summed E-state index contributed by atoms with van der Waals surface area (Å²) in [6.07, 6.45) is 10.6. The molecule has 1 aliphatic carbocycles. The van der Waals surface area contributed by atoms with Crippen molar-refractivity contribution in [3.05, 3.63) is 18.0 Å². The molecule has 1 atom stereocenters. The standard InChI is InChI=1S/C14H24N4/c1-11(15)10-18(2)14-16-8-13(9-17-14)12-6-4-3-5-7-12/h8-9,11-12H,3-7,10,15H2,1-2H3. The summed E-state index contributed by atoms with van der Waals surface area (Å²) in [5, 5.41) is 0. The predicted octanol–water partition coefficient (Wildman–Crippen LogP) is 2.31. The average Bonchev–Trinajstić information content (AvgIpc) is 2.39. The molecular weight excluding hydrogens is 224 g/mol. The number of nitrogens with zero attached hydrogens (tertiary/aromatic N) is 3. The molecule has 4 nitrogen and oxygen atoms in total. The lowest BCUT2D eigenvalue weighted by molar-refractivity contribution is 0.442. The molecule has 0 aromatic carbocycles. The van der Waals surface area contributed by atoms with Crippen LogP contribution in [0.4, 0.5) is 5.95 Å². The molecule has 0 amide bonds. The Hall–Kier alpha value is -1.16. The van der Waals surface area contributed by atoms with Crippen LogP contribution in [0.1, 0.15) is 50.5 Å². The number of likely N-dealkylation sites (N-methyl/N-ethyl adjacent to an activating group) is 1. The van der Waals surface area contributed by atoms with E-state index in [-0.39, 0.29) is 6.04 Å². The van der Waals surface area contributed by atoms with E-state index in [0.717, 1.165) is 12.5 Å². The summed E-state index contributed by atoms with van der Waals surface area (Å²) in [4.78, 5) is 10.9. The maximum absolute atomic E-state index is 5.78. The largest absolute Gasteiger partial charge is 0.342 e. The topological polar surface area (TPSA) is 55.0 Å². The maximum atomic E-state index is 5.78. The number of aromatic nitrogens is 2. The fourth-order valence-corrected chi connectivity index (χ4v) is 2.69. The lowest BCUT2D eigenvalue weighted by Crippen LogP contribution is -2.33. The molecule has 1 saturated carbocycles. The molecule has 0 spiro atoms. The summed E-state index contributed by atoms with van der Waals surface area (Å²) in [6.45, 7) is 2.77. The molecule has 0 radical (unpaired) electrons. The Morgan fingerprint density at radius 1 is 1.28 bits per heavy atom. The number of hydrogen-bond acceptors (Lipinski definition) is 4. The molecular formula is C14H24N4. The van der Waals surface area contributed by atoms with Crippen LogP contribution in [0.5, 0.6) is 0 Å². The van der Waals surface area contributed by atoms with Crippen molar-refractivity contribution in [2.24, 2.45) is 5.73 Å². The Kier molecular flexibility index (Phi) is 4.53. The minimum atomic E-state index is 0.136. The second-order valence-corrected chi connectivity index (χ2v) is 5.51. The van der Waals surface area contributed by atoms with Gasteiger partial charge in [0.15, 0.2) is 0 Å². The van der Waals surface area contributed by atoms with E-state index in [1.165, 1.54) is 37.7 Å². The van der Waals surface area contributed by atoms with Gasteiger partial charge in [-0.3, -0.25) is 0 Å². The molecule has 0 saturated heterocycles. The highest BCUT2D eigenvalue weighted by Gasteiger charge is 2.16. The highest BCUT2D eigenvalue weighted by atomic mass is 15.2. The van der Waals surface area contributed by atoms with Crippen molar-refractivity contribution in [3.8, 4) is 0 Å². The summed E-state index contributed by atoms with van der Waals surface area (Å²) in [7, 11) is 1.99. The van der Waals surface area contributed by atoms with Gasteiger partial charge in [0.2, 0.25) is 5.95 Å². The molecule has 1 aromatic heterocycles. The Morgan fingerprint density at radius 3 is 2.44 bits per heavy atom. The lowest BCUT2D eigenvalue weighted by Gasteiger charge is -2.23. The van der Waals surface area contributed by atoms with Crippen LogP contribution >= 0.6 is 0 Å². The van der Waals surface area contributed by atoms with Crippen LogP contribution in [0, 0.1) is 0 Å². The number of nitrogens with two attached hydrogens (primary N) is 1. The molecule has 100 valence electrons. The van der Waals surface area contributed by atoms with Crippen molar-refractivity contribution in [2.75, 3.05) is 18.5 Å². The van der Waals surface area contributed by atoms with Gasteiger partial charge in [0, 0.05) is 32.0 Å². The van der Waals surface area contributed by atoms with Gasteiger partial charge in [-0.2, -0.15) is 0 Å². The highest BCUT2D eigenvalue weighted by molar-refractivity contribution is 5.29. The van der Waals surface area contributed by atoms with Crippen molar-refractivity contribution in [2.45, 2.75) is 51.0 Å². The van der Waals surface area contributed by atoms with E-state index in [2.05, 4.69) is 9.97 Å². The quantitative estimate of drug-likeness (QED) is 0.888. The SMILES string of the molecule is CC(N)CN(C)c1ncc(C2CCCCC2)cn1. The maximum Gasteiger partial charge on any atom is 0.225 e. The number of rotatable bonds is 4. The molecule has 1 fully saturated rings. The molecule has 2 rings (SSSR count). The van der Waals surface area contributed by atoms with Crippen molar-refractivity contribution in [1.29, 1.82) is 0 Å². The van der Waals surface area contributed by atoms with Gasteiger partial charge in [-0.1, -0.05) is 19.3 Å². The fraction of sp³-hybridized carbons (Fsp3) is 0.714. The van der Waals surface area contributed by atoms with Crippen LogP contribution in [-0.4, -0.2) is 29.6 Å². The van der Waals surface area contributed by atoms with Gasteiger partial charge in [0.25, 0.3) is 0 Å². The van der Waals surface area contributed by atoms with Crippen LogP contribution < -0.4 is 10.6 Å². The lowest BCUT2D eigenvalue weighted by atomic mass is 9.85. The van der Waals surface area contributed by atoms with Gasteiger partial charge in [-0.25, -0.2) is 9.97 Å². The van der Waals surface area contributed by atoms with Gasteiger partial charge in [0.05, 0.1) is 0 Å². The molecule has 1 aliphatic rings. The molecule has 0 bridgehead atoms. The monoisotopic (exact) mass is 248 g/mol. The summed E-state index contributed by atoms with van der Waals surface area (Å²) in [5.74, 6) is 1.44. The van der Waals surface area contributed by atoms with E-state index in [1.807, 2.05) is 31.3 Å². The Labute approximate surface area is 110 Å². The molecule has 1 aromatic rings. The van der Waals surface area contributed by atoms with Crippen LogP contribution in [0.3, 0.4) is 0 Å². The van der Waals surface area contributed by atoms with E-state index in [1.54, 1.807) is 0 Å². The zero-order chi connectivity index (χ0) is 13.0. The Bertz CT molecular complexity index is 355. The second-order valence-electron chi connectivity index (χ2n) is 5.51. The number of hydrogen-bond donors (Lipinski definition) is 1. The molecule has 1 unspecified atom stereocenters. The third-order valence-corrected chi connectivity index (χ3v) is 3.64. The van der Waals surface area contributed by atoms with Gasteiger partial charge in [-0.15, -0.1) is 0 Å². The molecule has 4 heteroatoms. The van der Waals surface area contributed by atoms with E-state index in [0.29, 0.717) is 5.92 Å². The summed E-state index contributed by atoms with van der Waals surface area (Å²) in [5.41, 5.74) is 7.08. The number of anilines is 1. The normalized spacial score (nSPS) is 18.6. The summed E-state index contributed by atoms with van der Waals surface area (Å²) >= 11 is 0. The van der Waals surface area contributed by atoms with E-state index < -0.39 is 0 Å². The first kappa shape index (κ1) is 13.3. The van der Waals surface area contributed by atoms with Gasteiger partial charge in [0.1, 0.15) is 0 Å². The smallest absolute Gasteiger partial charge is 0.225 e. The first-order chi connectivity index (χ1) is 8.66. The molecule has 2 N–H and O–H groups in total. The highest BCUT2D eigenvalue weighted by Crippen LogP contribution is 2.31. The summed E-state index contributed by atoms with van der Waals surface area (Å²) in [6, 6.07) is 0.136. The summed E-state index contributed by atoms with van der Waals surface area (Å²) < 4.78 is 0. The van der Waals surface area contributed by atoms with Gasteiger partial charge in [-0.05, 0) is 31.2 Å². The first-order valence-electron chi connectivity index (χ1n) is 6.95. The first-order valence-corrected chi connectivity index (χ1v) is 6.95. The Balaban J connectivity index is 2.00. The van der Waals surface area contributed by atoms with Crippen LogP contribution in [0.2, 0.25) is 0 Å². The molecule has 18 heavy (non-hydrogen) atoms. The molecule has 1 heterocycles. The molecule has 0 aliphatic heterocycles. The van der Waals surface area contributed by atoms with E-state index >= 15 is 0 Å². The zero-order valence-corrected chi connectivity index (χ0v) is 11.5. The third kappa shape index (κ3) is 3.42. The van der Waals surface area contributed by atoms with Crippen molar-refractivity contribution in [1.82, 2.24) is 9.97 Å². The van der Waals surface area contributed by atoms with Crippen LogP contribution in [0.25, 0.3) is 0 Å². The second kappa shape index (κ2) is 6.14. The van der Waals surface area contributed by atoms with Crippen molar-refractivity contribution >= 4 is 5.95 Å². The van der Waals surface area contributed by atoms with E-state index in [9.17, 15) is 0 Å². The zero-order valence-electron chi connectivity index (χ0n) is 11.5.